The molecule has 1 amide bonds. The number of nitrogens with one attached hydrogen (secondary N) is 1. The maximum absolute atomic E-state index is 12.0. The average Bonchev–Trinajstić information content (AvgIpc) is 2.49. The summed E-state index contributed by atoms with van der Waals surface area (Å²) in [5.41, 5.74) is 4.55. The molecule has 3 atom stereocenters. The molecule has 0 bridgehead atoms. The van der Waals surface area contributed by atoms with Gasteiger partial charge in [0.25, 0.3) is 0 Å². The monoisotopic (exact) mass is 272 g/mol. The minimum Gasteiger partial charge on any atom is -0.481 e. The fraction of sp³-hybridized carbons (Fsp3) is 0.846. The van der Waals surface area contributed by atoms with E-state index in [1.165, 1.54) is 6.92 Å². The molecule has 19 heavy (non-hydrogen) atoms. The standard InChI is InChI=1S/C13H24N2O4/c1-13(19,7-11(16)17)8-15-12(18)9-5-3-2-4-6-10(9)14/h9-10,19H,2-8,14H2,1H3,(H,15,18)(H,16,17). The van der Waals surface area contributed by atoms with Crippen molar-refractivity contribution >= 4 is 11.9 Å². The summed E-state index contributed by atoms with van der Waals surface area (Å²) in [5.74, 6) is -1.51. The van der Waals surface area contributed by atoms with Crippen LogP contribution in [0.15, 0.2) is 0 Å². The van der Waals surface area contributed by atoms with Gasteiger partial charge < -0.3 is 21.3 Å². The first-order valence-electron chi connectivity index (χ1n) is 6.79. The Kier molecular flexibility index (Phi) is 5.75. The van der Waals surface area contributed by atoms with Gasteiger partial charge in [0, 0.05) is 12.6 Å². The molecule has 3 unspecified atom stereocenters. The second-order valence-corrected chi connectivity index (χ2v) is 5.69. The van der Waals surface area contributed by atoms with Gasteiger partial charge in [0.1, 0.15) is 0 Å². The maximum atomic E-state index is 12.0. The number of hydrogen-bond donors (Lipinski definition) is 4. The topological polar surface area (TPSA) is 113 Å². The Balaban J connectivity index is 2.47. The molecule has 0 saturated heterocycles. The average molecular weight is 272 g/mol. The molecular weight excluding hydrogens is 248 g/mol. The highest BCUT2D eigenvalue weighted by atomic mass is 16.4. The van der Waals surface area contributed by atoms with Crippen molar-refractivity contribution in [1.82, 2.24) is 5.32 Å². The molecule has 6 nitrogen and oxygen atoms in total. The molecule has 1 rings (SSSR count). The Morgan fingerprint density at radius 1 is 1.32 bits per heavy atom. The zero-order valence-electron chi connectivity index (χ0n) is 11.4. The van der Waals surface area contributed by atoms with E-state index >= 15 is 0 Å². The van der Waals surface area contributed by atoms with Gasteiger partial charge in [-0.05, 0) is 19.8 Å². The number of carbonyl (C=O) groups excluding carboxylic acids is 1. The number of aliphatic hydroxyl groups is 1. The second-order valence-electron chi connectivity index (χ2n) is 5.69. The highest BCUT2D eigenvalue weighted by Crippen LogP contribution is 2.22. The number of carboxylic acids is 1. The van der Waals surface area contributed by atoms with Crippen molar-refractivity contribution in [3.05, 3.63) is 0 Å². The highest BCUT2D eigenvalue weighted by molar-refractivity contribution is 5.79. The van der Waals surface area contributed by atoms with Crippen molar-refractivity contribution in [3.8, 4) is 0 Å². The van der Waals surface area contributed by atoms with Crippen LogP contribution in [0.3, 0.4) is 0 Å². The van der Waals surface area contributed by atoms with Crippen molar-refractivity contribution in [1.29, 1.82) is 0 Å². The van der Waals surface area contributed by atoms with Gasteiger partial charge >= 0.3 is 5.97 Å². The molecule has 0 aromatic rings. The molecule has 0 radical (unpaired) electrons. The number of carbonyl (C=O) groups is 2. The van der Waals surface area contributed by atoms with Gasteiger partial charge in [-0.3, -0.25) is 9.59 Å². The number of carboxylic acid groups (broad SMARTS) is 1. The Bertz CT molecular complexity index is 331. The molecule has 0 spiro atoms. The third-order valence-corrected chi connectivity index (χ3v) is 3.58. The molecule has 0 heterocycles. The van der Waals surface area contributed by atoms with Crippen LogP contribution in [0.5, 0.6) is 0 Å². The number of amides is 1. The number of hydrogen-bond acceptors (Lipinski definition) is 4. The first-order chi connectivity index (χ1) is 8.82. The highest BCUT2D eigenvalue weighted by Gasteiger charge is 2.30. The van der Waals surface area contributed by atoms with E-state index in [1.807, 2.05) is 0 Å². The minimum atomic E-state index is -1.43. The van der Waals surface area contributed by atoms with E-state index in [-0.39, 0.29) is 24.4 Å². The molecule has 1 aliphatic carbocycles. The van der Waals surface area contributed by atoms with Gasteiger partial charge in [0.2, 0.25) is 5.91 Å². The second kappa shape index (κ2) is 6.86. The zero-order valence-corrected chi connectivity index (χ0v) is 11.4. The normalized spacial score (nSPS) is 27.1. The predicted molar refractivity (Wildman–Crippen MR) is 70.4 cm³/mol. The van der Waals surface area contributed by atoms with Crippen molar-refractivity contribution in [3.63, 3.8) is 0 Å². The molecule has 0 aromatic carbocycles. The SMILES string of the molecule is CC(O)(CNC(=O)C1CCCCCC1N)CC(=O)O. The van der Waals surface area contributed by atoms with E-state index in [1.54, 1.807) is 0 Å². The van der Waals surface area contributed by atoms with E-state index in [0.29, 0.717) is 0 Å². The lowest BCUT2D eigenvalue weighted by atomic mass is 9.94. The van der Waals surface area contributed by atoms with Gasteiger partial charge in [-0.2, -0.15) is 0 Å². The van der Waals surface area contributed by atoms with Crippen molar-refractivity contribution in [2.24, 2.45) is 11.7 Å². The fourth-order valence-electron chi connectivity index (χ4n) is 2.46. The zero-order chi connectivity index (χ0) is 14.5. The number of nitrogens with two attached hydrogens (primary N) is 1. The summed E-state index contributed by atoms with van der Waals surface area (Å²) in [4.78, 5) is 22.6. The van der Waals surface area contributed by atoms with Crippen LogP contribution in [0.4, 0.5) is 0 Å². The van der Waals surface area contributed by atoms with Crippen molar-refractivity contribution in [2.75, 3.05) is 6.54 Å². The Labute approximate surface area is 113 Å². The van der Waals surface area contributed by atoms with Crippen LogP contribution in [-0.4, -0.2) is 40.3 Å². The smallest absolute Gasteiger partial charge is 0.306 e. The van der Waals surface area contributed by atoms with Crippen LogP contribution in [0.25, 0.3) is 0 Å². The summed E-state index contributed by atoms with van der Waals surface area (Å²) in [7, 11) is 0. The van der Waals surface area contributed by atoms with Crippen LogP contribution in [0.1, 0.15) is 45.4 Å². The van der Waals surface area contributed by atoms with Crippen LogP contribution < -0.4 is 11.1 Å². The lowest BCUT2D eigenvalue weighted by Gasteiger charge is -2.25. The summed E-state index contributed by atoms with van der Waals surface area (Å²) in [6.07, 6.45) is 4.31. The molecule has 6 heteroatoms. The molecule has 0 aromatic heterocycles. The molecular formula is C13H24N2O4. The lowest BCUT2D eigenvalue weighted by molar-refractivity contribution is -0.142. The third kappa shape index (κ3) is 5.57. The molecule has 1 saturated carbocycles. The fourth-order valence-corrected chi connectivity index (χ4v) is 2.46. The van der Waals surface area contributed by atoms with E-state index < -0.39 is 18.0 Å². The molecule has 0 aliphatic heterocycles. The summed E-state index contributed by atoms with van der Waals surface area (Å²) in [5, 5.41) is 21.1. The Hall–Kier alpha value is -1.14. The molecule has 110 valence electrons. The minimum absolute atomic E-state index is 0.0681. The molecule has 5 N–H and O–H groups in total. The van der Waals surface area contributed by atoms with Gasteiger partial charge in [-0.15, -0.1) is 0 Å². The molecule has 1 fully saturated rings. The van der Waals surface area contributed by atoms with Crippen LogP contribution in [0.2, 0.25) is 0 Å². The van der Waals surface area contributed by atoms with Gasteiger partial charge in [-0.1, -0.05) is 19.3 Å². The first-order valence-corrected chi connectivity index (χ1v) is 6.79. The molecule has 1 aliphatic rings. The number of aliphatic carboxylic acids is 1. The van der Waals surface area contributed by atoms with Gasteiger partial charge in [0.15, 0.2) is 0 Å². The van der Waals surface area contributed by atoms with Crippen molar-refractivity contribution < 1.29 is 19.8 Å². The van der Waals surface area contributed by atoms with E-state index in [4.69, 9.17) is 10.8 Å². The van der Waals surface area contributed by atoms with Gasteiger partial charge in [0.05, 0.1) is 17.9 Å². The van der Waals surface area contributed by atoms with Crippen molar-refractivity contribution in [2.45, 2.75) is 57.1 Å². The summed E-state index contributed by atoms with van der Waals surface area (Å²) in [6.45, 7) is 1.33. The van der Waals surface area contributed by atoms with E-state index in [9.17, 15) is 14.7 Å². The van der Waals surface area contributed by atoms with Crippen LogP contribution in [0, 0.1) is 5.92 Å². The van der Waals surface area contributed by atoms with Crippen LogP contribution >= 0.6 is 0 Å². The summed E-state index contributed by atoms with van der Waals surface area (Å²) in [6, 6.07) is -0.146. The predicted octanol–water partition coefficient (Wildman–Crippen LogP) is 0.236. The Morgan fingerprint density at radius 3 is 2.58 bits per heavy atom. The Morgan fingerprint density at radius 2 is 1.95 bits per heavy atom. The quantitative estimate of drug-likeness (QED) is 0.535. The van der Waals surface area contributed by atoms with Crippen LogP contribution in [-0.2, 0) is 9.59 Å². The largest absolute Gasteiger partial charge is 0.481 e. The summed E-state index contributed by atoms with van der Waals surface area (Å²) < 4.78 is 0. The van der Waals surface area contributed by atoms with Gasteiger partial charge in [-0.25, -0.2) is 0 Å². The first kappa shape index (κ1) is 15.9. The lowest BCUT2D eigenvalue weighted by Crippen LogP contribution is -2.47. The third-order valence-electron chi connectivity index (χ3n) is 3.58. The maximum Gasteiger partial charge on any atom is 0.306 e. The summed E-state index contributed by atoms with van der Waals surface area (Å²) >= 11 is 0. The van der Waals surface area contributed by atoms with E-state index in [0.717, 1.165) is 32.1 Å². The van der Waals surface area contributed by atoms with E-state index in [2.05, 4.69) is 5.32 Å². The number of rotatable bonds is 5.